The Bertz CT molecular complexity index is 544. The average Bonchev–Trinajstić information content (AvgIpc) is 3.25. The van der Waals surface area contributed by atoms with E-state index in [0.29, 0.717) is 0 Å². The van der Waals surface area contributed by atoms with Crippen LogP contribution in [0.2, 0.25) is 0 Å². The summed E-state index contributed by atoms with van der Waals surface area (Å²) in [6, 6.07) is 11.7. The van der Waals surface area contributed by atoms with Crippen LogP contribution in [0.5, 0.6) is 0 Å². The minimum absolute atomic E-state index is 0.773. The molecule has 0 bridgehead atoms. The topological polar surface area (TPSA) is 24.9 Å². The van der Waals surface area contributed by atoms with Gasteiger partial charge in [-0.2, -0.15) is 0 Å². The van der Waals surface area contributed by atoms with Crippen LogP contribution >= 0.6 is 0 Å². The predicted octanol–water partition coefficient (Wildman–Crippen LogP) is 3.23. The molecule has 19 heavy (non-hydrogen) atoms. The highest BCUT2D eigenvalue weighted by Gasteiger charge is 2.19. The molecule has 98 valence electrons. The molecule has 3 rings (SSSR count). The fourth-order valence-corrected chi connectivity index (χ4v) is 2.34. The highest BCUT2D eigenvalue weighted by Crippen LogP contribution is 2.20. The van der Waals surface area contributed by atoms with Crippen LogP contribution in [0.25, 0.3) is 0 Å². The van der Waals surface area contributed by atoms with Crippen molar-refractivity contribution < 1.29 is 0 Å². The summed E-state index contributed by atoms with van der Waals surface area (Å²) in [4.78, 5) is 4.17. The number of aryl methyl sites for hydroxylation is 1. The Morgan fingerprint density at radius 2 is 2.11 bits per heavy atom. The number of nitrogens with one attached hydrogen (secondary N) is 1. The minimum Gasteiger partial charge on any atom is -0.310 e. The SMILES string of the molecule is Cc1cc(CNC2CC2)ccc1Cc1cccnc1. The van der Waals surface area contributed by atoms with Gasteiger partial charge in [0.1, 0.15) is 0 Å². The lowest BCUT2D eigenvalue weighted by molar-refractivity contribution is 0.687. The van der Waals surface area contributed by atoms with Gasteiger partial charge in [-0.3, -0.25) is 4.98 Å². The molecule has 0 spiro atoms. The van der Waals surface area contributed by atoms with Crippen LogP contribution in [0, 0.1) is 6.92 Å². The Morgan fingerprint density at radius 3 is 2.79 bits per heavy atom. The molecule has 1 fully saturated rings. The minimum atomic E-state index is 0.773. The van der Waals surface area contributed by atoms with Gasteiger partial charge in [-0.25, -0.2) is 0 Å². The van der Waals surface area contributed by atoms with E-state index in [2.05, 4.69) is 41.5 Å². The summed E-state index contributed by atoms with van der Waals surface area (Å²) in [5, 5.41) is 3.56. The van der Waals surface area contributed by atoms with Gasteiger partial charge in [-0.15, -0.1) is 0 Å². The number of aromatic nitrogens is 1. The zero-order chi connectivity index (χ0) is 13.1. The van der Waals surface area contributed by atoms with Crippen LogP contribution in [0.4, 0.5) is 0 Å². The molecule has 1 aromatic heterocycles. The molecule has 2 aromatic rings. The number of benzene rings is 1. The van der Waals surface area contributed by atoms with Crippen molar-refractivity contribution in [1.29, 1.82) is 0 Å². The molecule has 2 nitrogen and oxygen atoms in total. The van der Waals surface area contributed by atoms with E-state index in [9.17, 15) is 0 Å². The van der Waals surface area contributed by atoms with Crippen molar-refractivity contribution in [2.45, 2.75) is 38.8 Å². The second-order valence-corrected chi connectivity index (χ2v) is 5.45. The Balaban J connectivity index is 1.68. The number of hydrogen-bond donors (Lipinski definition) is 1. The van der Waals surface area contributed by atoms with Gasteiger partial charge in [-0.05, 0) is 54.5 Å². The van der Waals surface area contributed by atoms with Crippen molar-refractivity contribution >= 4 is 0 Å². The maximum absolute atomic E-state index is 4.17. The largest absolute Gasteiger partial charge is 0.310 e. The van der Waals surface area contributed by atoms with Crippen molar-refractivity contribution in [3.8, 4) is 0 Å². The van der Waals surface area contributed by atoms with Crippen molar-refractivity contribution in [2.24, 2.45) is 0 Å². The summed E-state index contributed by atoms with van der Waals surface area (Å²) in [6.07, 6.45) is 7.43. The second-order valence-electron chi connectivity index (χ2n) is 5.45. The Morgan fingerprint density at radius 1 is 1.21 bits per heavy atom. The molecule has 1 aliphatic rings. The molecule has 0 unspecified atom stereocenters. The van der Waals surface area contributed by atoms with Crippen LogP contribution < -0.4 is 5.32 Å². The zero-order valence-corrected chi connectivity index (χ0v) is 11.4. The van der Waals surface area contributed by atoms with Crippen LogP contribution in [0.15, 0.2) is 42.7 Å². The normalized spacial score (nSPS) is 14.6. The first-order valence-electron chi connectivity index (χ1n) is 7.02. The summed E-state index contributed by atoms with van der Waals surface area (Å²) in [5.41, 5.74) is 5.43. The van der Waals surface area contributed by atoms with Gasteiger partial charge in [0.05, 0.1) is 0 Å². The van der Waals surface area contributed by atoms with Crippen molar-refractivity contribution in [1.82, 2.24) is 10.3 Å². The Hall–Kier alpha value is -1.67. The van der Waals surface area contributed by atoms with Gasteiger partial charge in [0.25, 0.3) is 0 Å². The van der Waals surface area contributed by atoms with Gasteiger partial charge in [0.2, 0.25) is 0 Å². The van der Waals surface area contributed by atoms with Gasteiger partial charge in [0, 0.05) is 25.0 Å². The van der Waals surface area contributed by atoms with Gasteiger partial charge < -0.3 is 5.32 Å². The molecule has 1 aliphatic carbocycles. The Kier molecular flexibility index (Phi) is 3.60. The van der Waals surface area contributed by atoms with Gasteiger partial charge in [0.15, 0.2) is 0 Å². The van der Waals surface area contributed by atoms with E-state index in [1.54, 1.807) is 0 Å². The monoisotopic (exact) mass is 252 g/mol. The highest BCUT2D eigenvalue weighted by atomic mass is 14.9. The summed E-state index contributed by atoms with van der Waals surface area (Å²) in [5.74, 6) is 0. The van der Waals surface area contributed by atoms with Crippen LogP contribution in [-0.4, -0.2) is 11.0 Å². The summed E-state index contributed by atoms with van der Waals surface area (Å²) >= 11 is 0. The molecule has 0 radical (unpaired) electrons. The Labute approximate surface area is 114 Å². The van der Waals surface area contributed by atoms with Crippen molar-refractivity contribution in [2.75, 3.05) is 0 Å². The third kappa shape index (κ3) is 3.42. The fourth-order valence-electron chi connectivity index (χ4n) is 2.34. The highest BCUT2D eigenvalue weighted by molar-refractivity contribution is 5.34. The quantitative estimate of drug-likeness (QED) is 0.883. The molecule has 1 saturated carbocycles. The van der Waals surface area contributed by atoms with Gasteiger partial charge in [-0.1, -0.05) is 24.3 Å². The number of nitrogens with zero attached hydrogens (tertiary/aromatic N) is 1. The number of pyridine rings is 1. The molecule has 2 heteroatoms. The molecule has 0 saturated heterocycles. The molecule has 0 amide bonds. The number of hydrogen-bond acceptors (Lipinski definition) is 2. The van der Waals surface area contributed by atoms with E-state index in [1.165, 1.54) is 35.1 Å². The molecule has 1 aromatic carbocycles. The smallest absolute Gasteiger partial charge is 0.0303 e. The third-order valence-electron chi connectivity index (χ3n) is 3.70. The third-order valence-corrected chi connectivity index (χ3v) is 3.70. The van der Waals surface area contributed by atoms with Crippen LogP contribution in [-0.2, 0) is 13.0 Å². The van der Waals surface area contributed by atoms with Gasteiger partial charge >= 0.3 is 0 Å². The molecular weight excluding hydrogens is 232 g/mol. The lowest BCUT2D eigenvalue weighted by Gasteiger charge is -2.09. The van der Waals surface area contributed by atoms with Crippen LogP contribution in [0.1, 0.15) is 35.1 Å². The lowest BCUT2D eigenvalue weighted by Crippen LogP contribution is -2.15. The average molecular weight is 252 g/mol. The van der Waals surface area contributed by atoms with Crippen molar-refractivity contribution in [3.05, 3.63) is 65.0 Å². The summed E-state index contributed by atoms with van der Waals surface area (Å²) < 4.78 is 0. The van der Waals surface area contributed by atoms with E-state index in [-0.39, 0.29) is 0 Å². The molecular formula is C17H20N2. The maximum atomic E-state index is 4.17. The molecule has 1 N–H and O–H groups in total. The van der Waals surface area contributed by atoms with Crippen LogP contribution in [0.3, 0.4) is 0 Å². The first-order chi connectivity index (χ1) is 9.31. The van der Waals surface area contributed by atoms with E-state index in [1.807, 2.05) is 18.5 Å². The first-order valence-corrected chi connectivity index (χ1v) is 7.02. The first kappa shape index (κ1) is 12.4. The standard InChI is InChI=1S/C17H20N2/c1-13-9-15(12-19-17-6-7-17)4-5-16(13)10-14-3-2-8-18-11-14/h2-5,8-9,11,17,19H,6-7,10,12H2,1H3. The molecule has 0 atom stereocenters. The zero-order valence-electron chi connectivity index (χ0n) is 11.4. The maximum Gasteiger partial charge on any atom is 0.0303 e. The second kappa shape index (κ2) is 5.54. The molecule has 1 heterocycles. The summed E-state index contributed by atoms with van der Waals surface area (Å²) in [7, 11) is 0. The fraction of sp³-hybridized carbons (Fsp3) is 0.353. The van der Waals surface area contributed by atoms with E-state index < -0.39 is 0 Å². The van der Waals surface area contributed by atoms with E-state index >= 15 is 0 Å². The van der Waals surface area contributed by atoms with Crippen molar-refractivity contribution in [3.63, 3.8) is 0 Å². The molecule has 0 aliphatic heterocycles. The number of rotatable bonds is 5. The lowest BCUT2D eigenvalue weighted by atomic mass is 9.99. The van der Waals surface area contributed by atoms with E-state index in [0.717, 1.165) is 19.0 Å². The predicted molar refractivity (Wildman–Crippen MR) is 78.1 cm³/mol. The summed E-state index contributed by atoms with van der Waals surface area (Å²) in [6.45, 7) is 3.20. The van der Waals surface area contributed by atoms with E-state index in [4.69, 9.17) is 0 Å².